The van der Waals surface area contributed by atoms with Gasteiger partial charge in [0.1, 0.15) is 0 Å². The first kappa shape index (κ1) is 11.4. The third-order valence-electron chi connectivity index (χ3n) is 2.72. The van der Waals surface area contributed by atoms with Crippen LogP contribution in [0.15, 0.2) is 29.2 Å². The molecule has 0 radical (unpaired) electrons. The Hall–Kier alpha value is -1.11. The fraction of sp³-hybridized carbons (Fsp3) is 0.400. The lowest BCUT2D eigenvalue weighted by molar-refractivity contribution is 0.477. The van der Waals surface area contributed by atoms with E-state index in [0.717, 1.165) is 12.8 Å². The van der Waals surface area contributed by atoms with Crippen LogP contribution in [0.4, 0.5) is 5.69 Å². The second-order valence-electron chi connectivity index (χ2n) is 3.78. The van der Waals surface area contributed by atoms with Gasteiger partial charge in [-0.05, 0) is 37.1 Å². The summed E-state index contributed by atoms with van der Waals surface area (Å²) in [6.45, 7) is 1.25. The maximum atomic E-state index is 12.1. The number of hydrogen-bond acceptors (Lipinski definition) is 4. The lowest BCUT2D eigenvalue weighted by Gasteiger charge is -2.15. The minimum absolute atomic E-state index is 0.327. The van der Waals surface area contributed by atoms with Gasteiger partial charge >= 0.3 is 0 Å². The number of anilines is 1. The Morgan fingerprint density at radius 3 is 2.19 bits per heavy atom. The zero-order valence-electron chi connectivity index (χ0n) is 8.89. The van der Waals surface area contributed by atoms with Gasteiger partial charge in [0.2, 0.25) is 10.0 Å². The van der Waals surface area contributed by atoms with Crippen LogP contribution in [0, 0.1) is 0 Å². The Morgan fingerprint density at radius 2 is 1.69 bits per heavy atom. The molecule has 6 heteroatoms. The van der Waals surface area contributed by atoms with Crippen LogP contribution in [-0.4, -0.2) is 25.8 Å². The highest BCUT2D eigenvalue weighted by atomic mass is 32.2. The first-order chi connectivity index (χ1) is 7.64. The predicted octanol–water partition coefficient (Wildman–Crippen LogP) is 0.757. The number of benzene rings is 1. The van der Waals surface area contributed by atoms with Crippen LogP contribution in [0.5, 0.6) is 0 Å². The topological polar surface area (TPSA) is 75.4 Å². The highest BCUT2D eigenvalue weighted by Gasteiger charge is 2.26. The average Bonchev–Trinajstić information content (AvgIpc) is 2.83. The molecule has 1 aromatic carbocycles. The van der Waals surface area contributed by atoms with Gasteiger partial charge in [0, 0.05) is 18.8 Å². The Labute approximate surface area is 95.3 Å². The van der Waals surface area contributed by atoms with E-state index in [0.29, 0.717) is 23.7 Å². The van der Waals surface area contributed by atoms with E-state index >= 15 is 0 Å². The Kier molecular flexibility index (Phi) is 3.13. The summed E-state index contributed by atoms with van der Waals surface area (Å²) in [6.07, 6.45) is 1.89. The van der Waals surface area contributed by atoms with Crippen molar-refractivity contribution < 1.29 is 8.42 Å². The fourth-order valence-electron chi connectivity index (χ4n) is 1.80. The summed E-state index contributed by atoms with van der Waals surface area (Å²) >= 11 is 0. The van der Waals surface area contributed by atoms with E-state index in [1.165, 1.54) is 4.31 Å². The summed E-state index contributed by atoms with van der Waals surface area (Å²) in [5.74, 6) is 5.22. The van der Waals surface area contributed by atoms with Gasteiger partial charge in [-0.25, -0.2) is 8.42 Å². The molecule has 1 saturated heterocycles. The molecule has 1 aliphatic heterocycles. The van der Waals surface area contributed by atoms with E-state index in [2.05, 4.69) is 5.43 Å². The molecular formula is C10H15N3O2S. The van der Waals surface area contributed by atoms with Gasteiger partial charge in [-0.2, -0.15) is 4.31 Å². The molecule has 16 heavy (non-hydrogen) atoms. The van der Waals surface area contributed by atoms with Crippen LogP contribution in [0.25, 0.3) is 0 Å². The summed E-state index contributed by atoms with van der Waals surface area (Å²) < 4.78 is 25.7. The van der Waals surface area contributed by atoms with Crippen molar-refractivity contribution >= 4 is 15.7 Å². The van der Waals surface area contributed by atoms with Crippen molar-refractivity contribution in [1.82, 2.24) is 4.31 Å². The van der Waals surface area contributed by atoms with Crippen LogP contribution in [0.3, 0.4) is 0 Å². The van der Waals surface area contributed by atoms with Gasteiger partial charge in [-0.15, -0.1) is 0 Å². The minimum Gasteiger partial charge on any atom is -0.324 e. The second kappa shape index (κ2) is 4.40. The van der Waals surface area contributed by atoms with E-state index in [1.807, 2.05) is 0 Å². The van der Waals surface area contributed by atoms with E-state index in [-0.39, 0.29) is 0 Å². The molecule has 0 atom stereocenters. The van der Waals surface area contributed by atoms with Gasteiger partial charge in [0.15, 0.2) is 0 Å². The summed E-state index contributed by atoms with van der Waals surface area (Å²) in [5, 5.41) is 0. The molecule has 0 unspecified atom stereocenters. The number of hydrazine groups is 1. The third kappa shape index (κ3) is 2.04. The summed E-state index contributed by atoms with van der Waals surface area (Å²) in [5.41, 5.74) is 3.16. The largest absolute Gasteiger partial charge is 0.324 e. The van der Waals surface area contributed by atoms with E-state index in [4.69, 9.17) is 5.84 Å². The number of nitrogen functional groups attached to an aromatic ring is 1. The molecule has 1 aromatic rings. The number of rotatable bonds is 3. The number of nitrogens with zero attached hydrogens (tertiary/aromatic N) is 1. The van der Waals surface area contributed by atoms with Crippen molar-refractivity contribution in [2.24, 2.45) is 5.84 Å². The van der Waals surface area contributed by atoms with Gasteiger partial charge < -0.3 is 5.43 Å². The molecule has 0 aliphatic carbocycles. The fourth-order valence-corrected chi connectivity index (χ4v) is 3.32. The molecule has 5 nitrogen and oxygen atoms in total. The molecule has 1 heterocycles. The lowest BCUT2D eigenvalue weighted by Crippen LogP contribution is -2.27. The van der Waals surface area contributed by atoms with Gasteiger partial charge in [0.25, 0.3) is 0 Å². The minimum atomic E-state index is -3.30. The Morgan fingerprint density at radius 1 is 1.12 bits per heavy atom. The molecule has 0 amide bonds. The van der Waals surface area contributed by atoms with Crippen molar-refractivity contribution in [2.45, 2.75) is 17.7 Å². The van der Waals surface area contributed by atoms with Crippen molar-refractivity contribution in [3.05, 3.63) is 24.3 Å². The molecule has 0 bridgehead atoms. The quantitative estimate of drug-likeness (QED) is 0.605. The van der Waals surface area contributed by atoms with Crippen LogP contribution in [0.1, 0.15) is 12.8 Å². The summed E-state index contributed by atoms with van der Waals surface area (Å²) in [4.78, 5) is 0.327. The number of sulfonamides is 1. The highest BCUT2D eigenvalue weighted by Crippen LogP contribution is 2.21. The monoisotopic (exact) mass is 241 g/mol. The molecule has 1 aliphatic rings. The number of nitrogens with two attached hydrogens (primary N) is 1. The SMILES string of the molecule is NNc1ccc(S(=O)(=O)N2CCCC2)cc1. The van der Waals surface area contributed by atoms with Crippen LogP contribution >= 0.6 is 0 Å². The standard InChI is InChI=1S/C10H15N3O2S/c11-12-9-3-5-10(6-4-9)16(14,15)13-7-1-2-8-13/h3-6,12H,1-2,7-8,11H2. The summed E-state index contributed by atoms with van der Waals surface area (Å²) in [6, 6.07) is 6.46. The maximum Gasteiger partial charge on any atom is 0.243 e. The van der Waals surface area contributed by atoms with Gasteiger partial charge in [-0.3, -0.25) is 5.84 Å². The number of hydrogen-bond donors (Lipinski definition) is 2. The molecule has 88 valence electrons. The van der Waals surface area contributed by atoms with Gasteiger partial charge in [-0.1, -0.05) is 0 Å². The Bertz CT molecular complexity index is 449. The van der Waals surface area contributed by atoms with Crippen LogP contribution < -0.4 is 11.3 Å². The van der Waals surface area contributed by atoms with Crippen molar-refractivity contribution in [1.29, 1.82) is 0 Å². The number of nitrogens with one attached hydrogen (secondary N) is 1. The lowest BCUT2D eigenvalue weighted by atomic mass is 10.3. The maximum absolute atomic E-state index is 12.1. The van der Waals surface area contributed by atoms with E-state index < -0.39 is 10.0 Å². The molecular weight excluding hydrogens is 226 g/mol. The van der Waals surface area contributed by atoms with Crippen molar-refractivity contribution in [3.63, 3.8) is 0 Å². The average molecular weight is 241 g/mol. The smallest absolute Gasteiger partial charge is 0.243 e. The van der Waals surface area contributed by atoms with E-state index in [9.17, 15) is 8.42 Å². The first-order valence-corrected chi connectivity index (χ1v) is 6.65. The van der Waals surface area contributed by atoms with Gasteiger partial charge in [0.05, 0.1) is 4.90 Å². The highest BCUT2D eigenvalue weighted by molar-refractivity contribution is 7.89. The first-order valence-electron chi connectivity index (χ1n) is 5.21. The zero-order valence-corrected chi connectivity index (χ0v) is 9.70. The van der Waals surface area contributed by atoms with Crippen molar-refractivity contribution in [2.75, 3.05) is 18.5 Å². The molecule has 1 fully saturated rings. The third-order valence-corrected chi connectivity index (χ3v) is 4.64. The zero-order chi connectivity index (χ0) is 11.6. The summed E-state index contributed by atoms with van der Waals surface area (Å²) in [7, 11) is -3.30. The molecule has 0 spiro atoms. The predicted molar refractivity (Wildman–Crippen MR) is 62.2 cm³/mol. The second-order valence-corrected chi connectivity index (χ2v) is 5.72. The van der Waals surface area contributed by atoms with E-state index in [1.54, 1.807) is 24.3 Å². The van der Waals surface area contributed by atoms with Crippen molar-refractivity contribution in [3.8, 4) is 0 Å². The molecule has 0 saturated carbocycles. The molecule has 0 aromatic heterocycles. The van der Waals surface area contributed by atoms with Crippen LogP contribution in [-0.2, 0) is 10.0 Å². The molecule has 2 rings (SSSR count). The normalized spacial score (nSPS) is 17.6. The van der Waals surface area contributed by atoms with Crippen LogP contribution in [0.2, 0.25) is 0 Å². The Balaban J connectivity index is 2.28. The molecule has 3 N–H and O–H groups in total.